The van der Waals surface area contributed by atoms with Gasteiger partial charge in [0.05, 0.1) is 27.7 Å². The molecule has 280 valence electrons. The Morgan fingerprint density at radius 2 is 1.19 bits per heavy atom. The summed E-state index contributed by atoms with van der Waals surface area (Å²) in [7, 11) is 1.15. The number of quaternary nitrogens is 1. The predicted molar refractivity (Wildman–Crippen MR) is 194 cm³/mol. The van der Waals surface area contributed by atoms with E-state index >= 15 is 0 Å². The number of ether oxygens (including phenoxy) is 2. The summed E-state index contributed by atoms with van der Waals surface area (Å²) in [6.07, 6.45) is 31.8. The Hall–Kier alpha value is -1.77. The number of unbranched alkanes of at least 4 members (excludes halogenated alkanes) is 13. The van der Waals surface area contributed by atoms with Crippen LogP contribution in [-0.4, -0.2) is 70.0 Å². The van der Waals surface area contributed by atoms with Crippen LogP contribution in [-0.2, 0) is 32.7 Å². The van der Waals surface area contributed by atoms with Gasteiger partial charge in [-0.25, -0.2) is 0 Å². The number of esters is 2. The minimum Gasteiger partial charge on any atom is -0.756 e. The Bertz CT molecular complexity index is 928. The van der Waals surface area contributed by atoms with E-state index in [0.29, 0.717) is 17.4 Å². The molecule has 0 bridgehead atoms. The van der Waals surface area contributed by atoms with Gasteiger partial charge in [-0.05, 0) is 44.9 Å². The molecule has 0 aromatic rings. The second-order valence-corrected chi connectivity index (χ2v) is 15.0. The normalized spacial score (nSPS) is 14.2. The molecule has 9 nitrogen and oxygen atoms in total. The van der Waals surface area contributed by atoms with Crippen LogP contribution < -0.4 is 4.89 Å². The van der Waals surface area contributed by atoms with E-state index in [-0.39, 0.29) is 26.1 Å². The van der Waals surface area contributed by atoms with Crippen molar-refractivity contribution in [1.29, 1.82) is 0 Å². The third-order valence-corrected chi connectivity index (χ3v) is 8.64. The number of phosphoric ester groups is 1. The standard InChI is InChI=1S/C38H70NO8P/c1-6-8-10-12-14-16-17-18-19-20-21-23-25-27-29-31-38(41)47-36(35-46-48(42,43)45-33-32-39(3,4)5)34-44-37(40)30-28-26-24-22-15-13-11-9-7-2/h8,10,14,16,18-19,36H,6-7,9,11-13,15,17,20-35H2,1-5H3/b10-8-,16-14-,19-18-. The fourth-order valence-corrected chi connectivity index (χ4v) is 5.45. The van der Waals surface area contributed by atoms with Crippen molar-refractivity contribution in [2.24, 2.45) is 0 Å². The summed E-state index contributed by atoms with van der Waals surface area (Å²) in [5, 5.41) is 0. The highest BCUT2D eigenvalue weighted by Crippen LogP contribution is 2.38. The van der Waals surface area contributed by atoms with Gasteiger partial charge in [0.25, 0.3) is 7.82 Å². The summed E-state index contributed by atoms with van der Waals surface area (Å²) in [5.41, 5.74) is 0. The fraction of sp³-hybridized carbons (Fsp3) is 0.789. The topological polar surface area (TPSA) is 111 Å². The number of allylic oxidation sites excluding steroid dienone is 6. The van der Waals surface area contributed by atoms with E-state index < -0.39 is 32.5 Å². The second kappa shape index (κ2) is 31.2. The number of carbonyl (C=O) groups excluding carboxylic acids is 2. The number of rotatable bonds is 33. The van der Waals surface area contributed by atoms with Gasteiger partial charge in [-0.2, -0.15) is 0 Å². The molecule has 0 saturated heterocycles. The number of likely N-dealkylation sites (N-methyl/N-ethyl adjacent to an activating group) is 1. The van der Waals surface area contributed by atoms with Crippen LogP contribution in [0.25, 0.3) is 0 Å². The zero-order valence-corrected chi connectivity index (χ0v) is 32.1. The lowest BCUT2D eigenvalue weighted by molar-refractivity contribution is -0.870. The summed E-state index contributed by atoms with van der Waals surface area (Å²) in [4.78, 5) is 37.2. The van der Waals surface area contributed by atoms with Gasteiger partial charge in [0, 0.05) is 12.8 Å². The van der Waals surface area contributed by atoms with Gasteiger partial charge < -0.3 is 27.9 Å². The van der Waals surface area contributed by atoms with Crippen molar-refractivity contribution >= 4 is 19.8 Å². The Balaban J connectivity index is 4.47. The lowest BCUT2D eigenvalue weighted by Crippen LogP contribution is -2.37. The van der Waals surface area contributed by atoms with Gasteiger partial charge >= 0.3 is 11.9 Å². The first-order valence-corrected chi connectivity index (χ1v) is 20.2. The van der Waals surface area contributed by atoms with Crippen LogP contribution >= 0.6 is 7.82 Å². The van der Waals surface area contributed by atoms with E-state index in [1.54, 1.807) is 0 Å². The number of hydrogen-bond acceptors (Lipinski definition) is 8. The highest BCUT2D eigenvalue weighted by atomic mass is 31.2. The smallest absolute Gasteiger partial charge is 0.306 e. The van der Waals surface area contributed by atoms with E-state index in [2.05, 4.69) is 50.3 Å². The summed E-state index contributed by atoms with van der Waals surface area (Å²) in [5.74, 6) is -0.860. The van der Waals surface area contributed by atoms with Crippen LogP contribution in [0.5, 0.6) is 0 Å². The first kappa shape index (κ1) is 46.2. The summed E-state index contributed by atoms with van der Waals surface area (Å²) in [6.45, 7) is 4.04. The maximum atomic E-state index is 12.6. The van der Waals surface area contributed by atoms with E-state index in [0.717, 1.165) is 70.6 Å². The molecular weight excluding hydrogens is 629 g/mol. The Morgan fingerprint density at radius 1 is 0.667 bits per heavy atom. The molecule has 0 amide bonds. The molecule has 10 heteroatoms. The number of hydrogen-bond donors (Lipinski definition) is 0. The SMILES string of the molecule is CC/C=C\C/C=C\C/C=C\CCCCCCCC(=O)OC(COC(=O)CCCCCCCCCCC)COP(=O)([O-])OCC[N+](C)(C)C. The molecule has 0 radical (unpaired) electrons. The first-order chi connectivity index (χ1) is 23.0. The molecule has 0 aliphatic heterocycles. The molecule has 0 heterocycles. The monoisotopic (exact) mass is 699 g/mol. The molecular formula is C38H70NO8P. The van der Waals surface area contributed by atoms with Crippen molar-refractivity contribution in [3.63, 3.8) is 0 Å². The molecule has 0 aromatic carbocycles. The van der Waals surface area contributed by atoms with Gasteiger partial charge in [0.15, 0.2) is 6.10 Å². The van der Waals surface area contributed by atoms with Gasteiger partial charge in [0.2, 0.25) is 0 Å². The summed E-state index contributed by atoms with van der Waals surface area (Å²) < 4.78 is 33.7. The van der Waals surface area contributed by atoms with Crippen molar-refractivity contribution < 1.29 is 42.1 Å². The molecule has 0 fully saturated rings. The van der Waals surface area contributed by atoms with Crippen LogP contribution in [0.4, 0.5) is 0 Å². The largest absolute Gasteiger partial charge is 0.756 e. The second-order valence-electron chi connectivity index (χ2n) is 13.6. The highest BCUT2D eigenvalue weighted by Gasteiger charge is 2.21. The molecule has 0 saturated carbocycles. The van der Waals surface area contributed by atoms with Crippen molar-refractivity contribution in [1.82, 2.24) is 0 Å². The zero-order chi connectivity index (χ0) is 35.8. The van der Waals surface area contributed by atoms with Gasteiger partial charge in [-0.15, -0.1) is 0 Å². The molecule has 2 atom stereocenters. The van der Waals surface area contributed by atoms with Crippen molar-refractivity contribution in [3.05, 3.63) is 36.5 Å². The molecule has 0 rings (SSSR count). The van der Waals surface area contributed by atoms with E-state index in [1.807, 2.05) is 21.1 Å². The Morgan fingerprint density at radius 3 is 1.77 bits per heavy atom. The van der Waals surface area contributed by atoms with Crippen LogP contribution in [0, 0.1) is 0 Å². The third-order valence-electron chi connectivity index (χ3n) is 7.67. The molecule has 0 spiro atoms. The van der Waals surface area contributed by atoms with E-state index in [4.69, 9.17) is 18.5 Å². The maximum Gasteiger partial charge on any atom is 0.306 e. The van der Waals surface area contributed by atoms with Gasteiger partial charge in [-0.3, -0.25) is 14.2 Å². The zero-order valence-electron chi connectivity index (χ0n) is 31.2. The number of nitrogens with zero attached hydrogens (tertiary/aromatic N) is 1. The molecule has 0 aromatic heterocycles. The lowest BCUT2D eigenvalue weighted by Gasteiger charge is -2.28. The van der Waals surface area contributed by atoms with Crippen molar-refractivity contribution in [3.8, 4) is 0 Å². The van der Waals surface area contributed by atoms with Crippen LogP contribution in [0.3, 0.4) is 0 Å². The first-order valence-electron chi connectivity index (χ1n) is 18.7. The minimum absolute atomic E-state index is 0.0344. The Kier molecular flexibility index (Phi) is 30.1. The molecule has 0 N–H and O–H groups in total. The van der Waals surface area contributed by atoms with Crippen molar-refractivity contribution in [2.45, 2.75) is 148 Å². The molecule has 2 unspecified atom stereocenters. The maximum absolute atomic E-state index is 12.6. The number of carbonyl (C=O) groups is 2. The summed E-state index contributed by atoms with van der Waals surface area (Å²) >= 11 is 0. The predicted octanol–water partition coefficient (Wildman–Crippen LogP) is 9.16. The third kappa shape index (κ3) is 34.1. The van der Waals surface area contributed by atoms with Crippen LogP contribution in [0.2, 0.25) is 0 Å². The fourth-order valence-electron chi connectivity index (χ4n) is 4.73. The molecule has 48 heavy (non-hydrogen) atoms. The van der Waals surface area contributed by atoms with Gasteiger partial charge in [-0.1, -0.05) is 121 Å². The van der Waals surface area contributed by atoms with E-state index in [9.17, 15) is 19.0 Å². The van der Waals surface area contributed by atoms with Crippen molar-refractivity contribution in [2.75, 3.05) is 47.5 Å². The molecule has 0 aliphatic rings. The molecule has 0 aliphatic carbocycles. The van der Waals surface area contributed by atoms with Gasteiger partial charge in [0.1, 0.15) is 19.8 Å². The van der Waals surface area contributed by atoms with E-state index in [1.165, 1.54) is 38.5 Å². The quantitative estimate of drug-likeness (QED) is 0.0219. The minimum atomic E-state index is -4.62. The van der Waals surface area contributed by atoms with Crippen LogP contribution in [0.1, 0.15) is 142 Å². The average molecular weight is 700 g/mol. The average Bonchev–Trinajstić information content (AvgIpc) is 3.02. The lowest BCUT2D eigenvalue weighted by atomic mass is 10.1. The van der Waals surface area contributed by atoms with Crippen LogP contribution in [0.15, 0.2) is 36.5 Å². The Labute approximate surface area is 293 Å². The summed E-state index contributed by atoms with van der Waals surface area (Å²) in [6, 6.07) is 0. The number of phosphoric acid groups is 1. The highest BCUT2D eigenvalue weighted by molar-refractivity contribution is 7.45.